The number of pyridine rings is 1. The van der Waals surface area contributed by atoms with E-state index in [1.807, 2.05) is 30.3 Å². The van der Waals surface area contributed by atoms with Crippen molar-refractivity contribution in [2.24, 2.45) is 0 Å². The predicted octanol–water partition coefficient (Wildman–Crippen LogP) is 4.09. The number of aryl methyl sites for hydroxylation is 1. The number of nitrogens with zero attached hydrogens (tertiary/aromatic N) is 1. The summed E-state index contributed by atoms with van der Waals surface area (Å²) < 4.78 is 7.97. The van der Waals surface area contributed by atoms with Gasteiger partial charge in [0.2, 0.25) is 0 Å². The average molecular weight is 212 g/mol. The van der Waals surface area contributed by atoms with Gasteiger partial charge in [0.1, 0.15) is 0 Å². The van der Waals surface area contributed by atoms with Crippen molar-refractivity contribution >= 4 is 0 Å². The Morgan fingerprint density at radius 3 is 2.56 bits per heavy atom. The van der Waals surface area contributed by atoms with Crippen LogP contribution in [0.15, 0.2) is 48.7 Å². The summed E-state index contributed by atoms with van der Waals surface area (Å²) in [4.78, 5) is 4.31. The average Bonchev–Trinajstić information content (AvgIpc) is 2.40. The number of rotatable bonds is 4. The Kier molecular flexibility index (Phi) is 3.27. The van der Waals surface area contributed by atoms with Crippen LogP contribution in [0, 0.1) is 0 Å². The van der Waals surface area contributed by atoms with E-state index in [0.29, 0.717) is 0 Å². The molecular weight excluding hydrogens is 194 g/mol. The summed E-state index contributed by atoms with van der Waals surface area (Å²) in [6.07, 6.45) is 3.67. The lowest BCUT2D eigenvalue weighted by atomic mass is 10.0. The second-order valence-electron chi connectivity index (χ2n) is 3.83. The summed E-state index contributed by atoms with van der Waals surface area (Å²) in [6, 6.07) is 14.1. The van der Waals surface area contributed by atoms with Gasteiger partial charge in [-0.1, -0.05) is 43.7 Å². The molecule has 16 heavy (non-hydrogen) atoms. The van der Waals surface area contributed by atoms with Crippen LogP contribution in [0.25, 0.3) is 11.3 Å². The Hall–Kier alpha value is -1.63. The molecule has 0 fully saturated rings. The van der Waals surface area contributed by atoms with E-state index in [9.17, 15) is 0 Å². The highest BCUT2D eigenvalue weighted by Gasteiger charge is 1.98. The third kappa shape index (κ3) is 2.69. The van der Waals surface area contributed by atoms with Crippen LogP contribution >= 0.6 is 0 Å². The van der Waals surface area contributed by atoms with E-state index in [1.165, 1.54) is 0 Å². The Morgan fingerprint density at radius 1 is 1.12 bits per heavy atom. The van der Waals surface area contributed by atoms with Gasteiger partial charge in [-0.05, 0) is 30.5 Å². The molecule has 1 aromatic heterocycles. The van der Waals surface area contributed by atoms with Crippen molar-refractivity contribution in [1.29, 1.82) is 0 Å². The summed E-state index contributed by atoms with van der Waals surface area (Å²) in [5.41, 5.74) is 3.18. The zero-order chi connectivity index (χ0) is 12.1. The first kappa shape index (κ1) is 9.59. The van der Waals surface area contributed by atoms with Gasteiger partial charge in [-0.3, -0.25) is 4.98 Å². The first-order valence-corrected chi connectivity index (χ1v) is 5.75. The molecule has 1 heterocycles. The maximum atomic E-state index is 7.97. The topological polar surface area (TPSA) is 12.9 Å². The quantitative estimate of drug-likeness (QED) is 0.743. The Balaban J connectivity index is 2.19. The largest absolute Gasteiger partial charge is 0.256 e. The predicted molar refractivity (Wildman–Crippen MR) is 68.3 cm³/mol. The molecule has 0 aliphatic heterocycles. The number of hydrogen-bond acceptors (Lipinski definition) is 1. The van der Waals surface area contributed by atoms with Gasteiger partial charge in [0, 0.05) is 13.1 Å². The summed E-state index contributed by atoms with van der Waals surface area (Å²) in [5, 5.41) is 0. The molecule has 1 nitrogen and oxygen atoms in total. The SMILES string of the molecule is [2H]C(CCC)c1ccc(-c2ccccn2)cc1. The lowest BCUT2D eigenvalue weighted by Gasteiger charge is -2.03. The molecule has 0 radical (unpaired) electrons. The highest BCUT2D eigenvalue weighted by molar-refractivity contribution is 5.58. The van der Waals surface area contributed by atoms with Crippen LogP contribution in [-0.4, -0.2) is 4.98 Å². The smallest absolute Gasteiger partial charge is 0.0701 e. The highest BCUT2D eigenvalue weighted by atomic mass is 14.7. The first-order valence-electron chi connectivity index (χ1n) is 6.32. The highest BCUT2D eigenvalue weighted by Crippen LogP contribution is 2.17. The van der Waals surface area contributed by atoms with Crippen molar-refractivity contribution in [2.75, 3.05) is 0 Å². The van der Waals surface area contributed by atoms with Crippen molar-refractivity contribution in [2.45, 2.75) is 26.2 Å². The lowest BCUT2D eigenvalue weighted by molar-refractivity contribution is 0.795. The Labute approximate surface area is 98.6 Å². The Bertz CT molecular complexity index is 450. The molecule has 2 rings (SSSR count). The van der Waals surface area contributed by atoms with Gasteiger partial charge in [-0.2, -0.15) is 0 Å². The van der Waals surface area contributed by atoms with Crippen molar-refractivity contribution in [3.63, 3.8) is 0 Å². The molecule has 1 atom stereocenters. The molecule has 2 aromatic rings. The van der Waals surface area contributed by atoms with Gasteiger partial charge in [-0.25, -0.2) is 0 Å². The first-order chi connectivity index (χ1) is 8.31. The second-order valence-corrected chi connectivity index (χ2v) is 3.83. The van der Waals surface area contributed by atoms with Crippen LogP contribution in [0.5, 0.6) is 0 Å². The fraction of sp³-hybridized carbons (Fsp3) is 0.267. The van der Waals surface area contributed by atoms with Crippen molar-refractivity contribution in [1.82, 2.24) is 4.98 Å². The van der Waals surface area contributed by atoms with E-state index in [1.54, 1.807) is 6.20 Å². The molecule has 0 spiro atoms. The van der Waals surface area contributed by atoms with E-state index < -0.39 is 0 Å². The van der Waals surface area contributed by atoms with Crippen molar-refractivity contribution < 1.29 is 1.37 Å². The summed E-state index contributed by atoms with van der Waals surface area (Å²) in [6.45, 7) is 2.11. The van der Waals surface area contributed by atoms with E-state index >= 15 is 0 Å². The van der Waals surface area contributed by atoms with Gasteiger partial charge in [-0.15, -0.1) is 0 Å². The number of benzene rings is 1. The third-order valence-corrected chi connectivity index (χ3v) is 2.54. The zero-order valence-electron chi connectivity index (χ0n) is 10.6. The monoisotopic (exact) mass is 212 g/mol. The molecule has 1 heteroatoms. The van der Waals surface area contributed by atoms with Crippen molar-refractivity contribution in [3.05, 3.63) is 54.2 Å². The zero-order valence-corrected chi connectivity index (χ0v) is 9.56. The summed E-state index contributed by atoms with van der Waals surface area (Å²) >= 11 is 0. The Morgan fingerprint density at radius 2 is 1.94 bits per heavy atom. The molecule has 0 aliphatic carbocycles. The molecule has 1 unspecified atom stereocenters. The lowest BCUT2D eigenvalue weighted by Crippen LogP contribution is -1.86. The molecule has 0 saturated carbocycles. The van der Waals surface area contributed by atoms with Crippen molar-refractivity contribution in [3.8, 4) is 11.3 Å². The molecule has 82 valence electrons. The van der Waals surface area contributed by atoms with Crippen LogP contribution in [0.3, 0.4) is 0 Å². The normalized spacial score (nSPS) is 13.2. The summed E-state index contributed by atoms with van der Waals surface area (Å²) in [7, 11) is 0. The molecule has 0 bridgehead atoms. The molecule has 0 N–H and O–H groups in total. The maximum Gasteiger partial charge on any atom is 0.0701 e. The van der Waals surface area contributed by atoms with Crippen LogP contribution in [-0.2, 0) is 6.40 Å². The molecular formula is C15H17N. The number of hydrogen-bond donors (Lipinski definition) is 0. The van der Waals surface area contributed by atoms with Gasteiger partial charge in [0.05, 0.1) is 5.69 Å². The fourth-order valence-corrected chi connectivity index (χ4v) is 1.63. The van der Waals surface area contributed by atoms with Gasteiger partial charge in [0.25, 0.3) is 0 Å². The summed E-state index contributed by atoms with van der Waals surface area (Å²) in [5.74, 6) is 0. The van der Waals surface area contributed by atoms with E-state index in [0.717, 1.165) is 29.7 Å². The molecule has 1 aromatic carbocycles. The standard InChI is InChI=1S/C15H17N/c1-2-3-6-13-8-10-14(11-9-13)15-7-4-5-12-16-15/h4-5,7-12H,2-3,6H2,1H3/i6D. The minimum atomic E-state index is -0.0993. The third-order valence-electron chi connectivity index (χ3n) is 2.54. The van der Waals surface area contributed by atoms with Gasteiger partial charge >= 0.3 is 0 Å². The fourth-order valence-electron chi connectivity index (χ4n) is 1.63. The van der Waals surface area contributed by atoms with E-state index in [-0.39, 0.29) is 6.40 Å². The van der Waals surface area contributed by atoms with E-state index in [4.69, 9.17) is 1.37 Å². The minimum Gasteiger partial charge on any atom is -0.256 e. The van der Waals surface area contributed by atoms with E-state index in [2.05, 4.69) is 24.0 Å². The van der Waals surface area contributed by atoms with Crippen LogP contribution in [0.4, 0.5) is 0 Å². The maximum absolute atomic E-state index is 7.97. The number of aromatic nitrogens is 1. The van der Waals surface area contributed by atoms with Gasteiger partial charge < -0.3 is 0 Å². The van der Waals surface area contributed by atoms with Crippen LogP contribution in [0.2, 0.25) is 0 Å². The minimum absolute atomic E-state index is 0.0993. The van der Waals surface area contributed by atoms with Crippen LogP contribution < -0.4 is 0 Å². The molecule has 0 saturated heterocycles. The second kappa shape index (κ2) is 5.45. The van der Waals surface area contributed by atoms with Crippen LogP contribution in [0.1, 0.15) is 26.7 Å². The molecule has 0 aliphatic rings. The van der Waals surface area contributed by atoms with Gasteiger partial charge in [0.15, 0.2) is 0 Å². The molecule has 0 amide bonds.